The molecule has 2 bridgehead atoms. The lowest BCUT2D eigenvalue weighted by atomic mass is 9.87. The van der Waals surface area contributed by atoms with Gasteiger partial charge in [0.25, 0.3) is 0 Å². The Morgan fingerprint density at radius 1 is 1.17 bits per heavy atom. The number of carbonyl (C=O) groups excluding carboxylic acids is 2. The van der Waals surface area contributed by atoms with E-state index >= 15 is 0 Å². The van der Waals surface area contributed by atoms with Gasteiger partial charge in [0, 0.05) is 18.5 Å². The molecule has 2 aliphatic rings. The molecule has 0 unspecified atom stereocenters. The maximum absolute atomic E-state index is 12.3. The number of benzene rings is 1. The molecule has 5 nitrogen and oxygen atoms in total. The van der Waals surface area contributed by atoms with Gasteiger partial charge in [-0.1, -0.05) is 18.2 Å². The summed E-state index contributed by atoms with van der Waals surface area (Å²) in [6.07, 6.45) is 2.26. The minimum atomic E-state index is -0.408. The van der Waals surface area contributed by atoms with E-state index in [1.54, 1.807) is 24.3 Å². The topological polar surface area (TPSA) is 55.8 Å². The van der Waals surface area contributed by atoms with Gasteiger partial charge in [0.05, 0.1) is 12.7 Å². The highest BCUT2D eigenvalue weighted by molar-refractivity contribution is 5.89. The monoisotopic (exact) mass is 339 g/mol. The highest BCUT2D eigenvalue weighted by atomic mass is 35.5. The Balaban J connectivity index is 0.00000192. The molecular formula is C17H22ClNO4. The number of halogens is 1. The van der Waals surface area contributed by atoms with Crippen LogP contribution in [0, 0.1) is 5.92 Å². The van der Waals surface area contributed by atoms with Gasteiger partial charge in [0.2, 0.25) is 0 Å². The number of carbonyl (C=O) groups is 2. The first-order chi connectivity index (χ1) is 10.6. The van der Waals surface area contributed by atoms with Crippen molar-refractivity contribution in [3.63, 3.8) is 0 Å². The number of methoxy groups -OCH3 is 1. The van der Waals surface area contributed by atoms with E-state index in [0.717, 1.165) is 12.8 Å². The molecule has 2 saturated heterocycles. The van der Waals surface area contributed by atoms with E-state index < -0.39 is 12.0 Å². The lowest BCUT2D eigenvalue weighted by Gasteiger charge is -2.40. The summed E-state index contributed by atoms with van der Waals surface area (Å²) >= 11 is 0. The lowest BCUT2D eigenvalue weighted by Crippen LogP contribution is -2.53. The Labute approximate surface area is 142 Å². The zero-order valence-corrected chi connectivity index (χ0v) is 14.1. The van der Waals surface area contributed by atoms with Crippen LogP contribution in [-0.4, -0.2) is 49.2 Å². The quantitative estimate of drug-likeness (QED) is 0.791. The summed E-state index contributed by atoms with van der Waals surface area (Å²) in [7, 11) is 3.42. The van der Waals surface area contributed by atoms with Crippen molar-refractivity contribution >= 4 is 24.3 Å². The maximum Gasteiger partial charge on any atom is 0.338 e. The third-order valence-electron chi connectivity index (χ3n) is 4.96. The number of hydrogen-bond acceptors (Lipinski definition) is 5. The van der Waals surface area contributed by atoms with Crippen LogP contribution in [-0.2, 0) is 14.3 Å². The van der Waals surface area contributed by atoms with Crippen LogP contribution in [0.15, 0.2) is 30.3 Å². The second-order valence-corrected chi connectivity index (χ2v) is 6.06. The van der Waals surface area contributed by atoms with E-state index in [0.29, 0.717) is 18.0 Å². The second-order valence-electron chi connectivity index (χ2n) is 6.06. The fraction of sp³-hybridized carbons (Fsp3) is 0.529. The molecule has 0 saturated carbocycles. The van der Waals surface area contributed by atoms with Crippen LogP contribution in [0.25, 0.3) is 0 Å². The van der Waals surface area contributed by atoms with Crippen LogP contribution < -0.4 is 0 Å². The van der Waals surface area contributed by atoms with E-state index in [2.05, 4.69) is 4.90 Å². The molecule has 1 aromatic carbocycles. The first kappa shape index (κ1) is 17.8. The van der Waals surface area contributed by atoms with Crippen molar-refractivity contribution in [2.24, 2.45) is 5.92 Å². The van der Waals surface area contributed by atoms with Crippen LogP contribution in [0.4, 0.5) is 0 Å². The number of esters is 2. The summed E-state index contributed by atoms with van der Waals surface area (Å²) in [6, 6.07) is 9.36. The van der Waals surface area contributed by atoms with Gasteiger partial charge in [-0.05, 0) is 32.0 Å². The summed E-state index contributed by atoms with van der Waals surface area (Å²) in [5.41, 5.74) is 0.511. The zero-order chi connectivity index (χ0) is 15.7. The normalized spacial score (nSPS) is 29.5. The summed E-state index contributed by atoms with van der Waals surface area (Å²) < 4.78 is 10.6. The number of nitrogens with zero attached hydrogens (tertiary/aromatic N) is 1. The van der Waals surface area contributed by atoms with Crippen LogP contribution >= 0.6 is 12.4 Å². The molecule has 2 heterocycles. The van der Waals surface area contributed by atoms with Gasteiger partial charge in [-0.15, -0.1) is 12.4 Å². The van der Waals surface area contributed by atoms with Crippen molar-refractivity contribution in [1.29, 1.82) is 0 Å². The fourth-order valence-electron chi connectivity index (χ4n) is 3.77. The van der Waals surface area contributed by atoms with Gasteiger partial charge >= 0.3 is 11.9 Å². The lowest BCUT2D eigenvalue weighted by molar-refractivity contribution is -0.156. The molecule has 0 N–H and O–H groups in total. The maximum atomic E-state index is 12.3. The SMILES string of the molecule is COC(=O)[C@@H]1[C@H](OC(=O)c2ccccc2)C[C@H]2CC[C@@H]1N2C.Cl. The molecule has 0 aromatic heterocycles. The van der Waals surface area contributed by atoms with Crippen molar-refractivity contribution in [2.75, 3.05) is 14.2 Å². The molecule has 23 heavy (non-hydrogen) atoms. The third kappa shape index (κ3) is 3.35. The minimum absolute atomic E-state index is 0. The molecule has 3 rings (SSSR count). The predicted molar refractivity (Wildman–Crippen MR) is 87.6 cm³/mol. The van der Waals surface area contributed by atoms with E-state index in [1.807, 2.05) is 13.1 Å². The molecule has 2 fully saturated rings. The molecule has 1 aromatic rings. The van der Waals surface area contributed by atoms with E-state index in [1.165, 1.54) is 7.11 Å². The van der Waals surface area contributed by atoms with E-state index in [4.69, 9.17) is 9.47 Å². The van der Waals surface area contributed by atoms with Gasteiger partial charge in [0.15, 0.2) is 0 Å². The number of rotatable bonds is 3. The van der Waals surface area contributed by atoms with Crippen molar-refractivity contribution in [3.8, 4) is 0 Å². The van der Waals surface area contributed by atoms with Crippen LogP contribution in [0.2, 0.25) is 0 Å². The Hall–Kier alpha value is -1.59. The molecule has 0 radical (unpaired) electrons. The largest absolute Gasteiger partial charge is 0.469 e. The van der Waals surface area contributed by atoms with Crippen molar-refractivity contribution in [3.05, 3.63) is 35.9 Å². The number of hydrogen-bond donors (Lipinski definition) is 0. The third-order valence-corrected chi connectivity index (χ3v) is 4.96. The average Bonchev–Trinajstić information content (AvgIpc) is 2.78. The Morgan fingerprint density at radius 3 is 2.52 bits per heavy atom. The number of piperidine rings is 1. The Bertz CT molecular complexity index is 565. The smallest absolute Gasteiger partial charge is 0.338 e. The van der Waals surface area contributed by atoms with Crippen molar-refractivity contribution in [2.45, 2.75) is 37.5 Å². The Kier molecular flexibility index (Phi) is 5.65. The van der Waals surface area contributed by atoms with E-state index in [-0.39, 0.29) is 30.4 Å². The predicted octanol–water partition coefficient (Wildman–Crippen LogP) is 2.29. The summed E-state index contributed by atoms with van der Waals surface area (Å²) in [4.78, 5) is 26.7. The van der Waals surface area contributed by atoms with Crippen LogP contribution in [0.1, 0.15) is 29.6 Å². The Morgan fingerprint density at radius 2 is 1.87 bits per heavy atom. The van der Waals surface area contributed by atoms with Gasteiger partial charge in [-0.3, -0.25) is 9.69 Å². The van der Waals surface area contributed by atoms with Gasteiger partial charge in [-0.2, -0.15) is 0 Å². The fourth-order valence-corrected chi connectivity index (χ4v) is 3.77. The molecule has 0 amide bonds. The van der Waals surface area contributed by atoms with Crippen LogP contribution in [0.3, 0.4) is 0 Å². The molecule has 4 atom stereocenters. The molecule has 126 valence electrons. The second kappa shape index (κ2) is 7.32. The molecular weight excluding hydrogens is 318 g/mol. The highest BCUT2D eigenvalue weighted by Gasteiger charge is 2.50. The zero-order valence-electron chi connectivity index (χ0n) is 13.3. The highest BCUT2D eigenvalue weighted by Crippen LogP contribution is 2.40. The van der Waals surface area contributed by atoms with Gasteiger partial charge in [-0.25, -0.2) is 4.79 Å². The van der Waals surface area contributed by atoms with Gasteiger partial charge in [0.1, 0.15) is 12.0 Å². The van der Waals surface area contributed by atoms with Crippen LogP contribution in [0.5, 0.6) is 0 Å². The minimum Gasteiger partial charge on any atom is -0.469 e. The molecule has 2 aliphatic heterocycles. The van der Waals surface area contributed by atoms with E-state index in [9.17, 15) is 9.59 Å². The molecule has 0 aliphatic carbocycles. The van der Waals surface area contributed by atoms with Crippen molar-refractivity contribution in [1.82, 2.24) is 4.90 Å². The van der Waals surface area contributed by atoms with Gasteiger partial charge < -0.3 is 9.47 Å². The standard InChI is InChI=1S/C17H21NO4.ClH/c1-18-12-8-9-13(18)15(17(20)21-2)14(10-12)22-16(19)11-6-4-3-5-7-11;/h3-7,12-15H,8-10H2,1-2H3;1H/t12-,13+,14-,15+;/m1./s1. The number of ether oxygens (including phenoxy) is 2. The number of fused-ring (bicyclic) bond motifs is 2. The first-order valence-corrected chi connectivity index (χ1v) is 7.67. The van der Waals surface area contributed by atoms with Crippen molar-refractivity contribution < 1.29 is 19.1 Å². The first-order valence-electron chi connectivity index (χ1n) is 7.67. The summed E-state index contributed by atoms with van der Waals surface area (Å²) in [6.45, 7) is 0. The molecule has 0 spiro atoms. The molecule has 6 heteroatoms. The summed E-state index contributed by atoms with van der Waals surface area (Å²) in [5, 5.41) is 0. The summed E-state index contributed by atoms with van der Waals surface area (Å²) in [5.74, 6) is -1.06. The average molecular weight is 340 g/mol.